The highest BCUT2D eigenvalue weighted by Crippen LogP contribution is 2.48. The van der Waals surface area contributed by atoms with Crippen molar-refractivity contribution in [3.8, 4) is 0 Å². The first kappa shape index (κ1) is 27.3. The van der Waals surface area contributed by atoms with E-state index in [1.807, 2.05) is 0 Å². The molecule has 4 fully saturated rings. The molecule has 2 aromatic rings. The van der Waals surface area contributed by atoms with Crippen LogP contribution in [-0.2, 0) is 17.6 Å². The standard InChI is InChI=1S/C30H43F3N4O2/c1-19-6-5-11-35(15-19)16-21-12-25(30(31,32)33)26-18-36(29(38)37(26)17-21)24-10-4-9-23(13-24)27(22-7-3-8-22)28-20(2)14-34-39-28/h12,17-20,22-24,27-28,34H,3-11,13-16H2,1-2H3/t19-,20?,23?,24?,27+,28?/m0/s1. The van der Waals surface area contributed by atoms with E-state index >= 15 is 0 Å². The molecule has 0 spiro atoms. The zero-order chi connectivity index (χ0) is 27.3. The number of nitrogens with zero attached hydrogens (tertiary/aromatic N) is 3. The molecular formula is C30H43F3N4O2. The highest BCUT2D eigenvalue weighted by atomic mass is 19.4. The lowest BCUT2D eigenvalue weighted by Crippen LogP contribution is -2.42. The molecule has 4 heterocycles. The van der Waals surface area contributed by atoms with Gasteiger partial charge in [0.2, 0.25) is 0 Å². The maximum Gasteiger partial charge on any atom is 0.418 e. The Kier molecular flexibility index (Phi) is 7.61. The van der Waals surface area contributed by atoms with E-state index < -0.39 is 11.7 Å². The minimum absolute atomic E-state index is 0.0297. The van der Waals surface area contributed by atoms with Crippen molar-refractivity contribution >= 4 is 5.52 Å². The molecule has 0 aromatic carbocycles. The molecule has 2 saturated heterocycles. The van der Waals surface area contributed by atoms with Crippen LogP contribution in [-0.4, -0.2) is 39.6 Å². The normalized spacial score (nSPS) is 32.0. The number of aromatic nitrogens is 2. The lowest BCUT2D eigenvalue weighted by molar-refractivity contribution is -0.136. The first-order valence-corrected chi connectivity index (χ1v) is 15.1. The van der Waals surface area contributed by atoms with Crippen LogP contribution in [0, 0.1) is 29.6 Å². The number of hydroxylamine groups is 1. The molecule has 0 amide bonds. The molecule has 2 aromatic heterocycles. The monoisotopic (exact) mass is 548 g/mol. The Morgan fingerprint density at radius 3 is 2.49 bits per heavy atom. The van der Waals surface area contributed by atoms with Gasteiger partial charge in [-0.25, -0.2) is 10.3 Å². The number of rotatable bonds is 6. The van der Waals surface area contributed by atoms with Gasteiger partial charge in [0, 0.05) is 38.1 Å². The second-order valence-electron chi connectivity index (χ2n) is 13.1. The van der Waals surface area contributed by atoms with Crippen molar-refractivity contribution in [2.45, 2.75) is 96.5 Å². The summed E-state index contributed by atoms with van der Waals surface area (Å²) >= 11 is 0. The molecule has 4 aliphatic rings. The minimum Gasteiger partial charge on any atom is -0.299 e. The second-order valence-corrected chi connectivity index (χ2v) is 13.1. The maximum atomic E-state index is 14.3. The number of hydrogen-bond acceptors (Lipinski definition) is 4. The summed E-state index contributed by atoms with van der Waals surface area (Å²) in [6.45, 7) is 7.47. The number of imidazole rings is 1. The van der Waals surface area contributed by atoms with E-state index in [4.69, 9.17) is 4.84 Å². The molecule has 6 atom stereocenters. The predicted molar refractivity (Wildman–Crippen MR) is 144 cm³/mol. The average Bonchev–Trinajstić information content (AvgIpc) is 3.43. The second kappa shape index (κ2) is 10.9. The molecule has 4 unspecified atom stereocenters. The van der Waals surface area contributed by atoms with Crippen molar-refractivity contribution in [1.82, 2.24) is 19.3 Å². The predicted octanol–water partition coefficient (Wildman–Crippen LogP) is 6.04. The molecular weight excluding hydrogens is 505 g/mol. The Labute approximate surface area is 228 Å². The Hall–Kier alpha value is -1.84. The number of alkyl halides is 3. The van der Waals surface area contributed by atoms with Crippen LogP contribution in [0.2, 0.25) is 0 Å². The molecule has 39 heavy (non-hydrogen) atoms. The quantitative estimate of drug-likeness (QED) is 0.478. The smallest absolute Gasteiger partial charge is 0.299 e. The van der Waals surface area contributed by atoms with Gasteiger partial charge < -0.3 is 0 Å². The lowest BCUT2D eigenvalue weighted by atomic mass is 9.63. The van der Waals surface area contributed by atoms with Crippen LogP contribution in [0.3, 0.4) is 0 Å². The zero-order valence-electron chi connectivity index (χ0n) is 23.3. The number of likely N-dealkylation sites (tertiary alicyclic amines) is 1. The molecule has 0 radical (unpaired) electrons. The summed E-state index contributed by atoms with van der Waals surface area (Å²) in [4.78, 5) is 21.9. The Morgan fingerprint density at radius 1 is 1.05 bits per heavy atom. The zero-order valence-corrected chi connectivity index (χ0v) is 23.3. The summed E-state index contributed by atoms with van der Waals surface area (Å²) in [5.41, 5.74) is 2.57. The number of fused-ring (bicyclic) bond motifs is 1. The molecule has 216 valence electrons. The Morgan fingerprint density at radius 2 is 1.82 bits per heavy atom. The highest BCUT2D eigenvalue weighted by Gasteiger charge is 2.45. The van der Waals surface area contributed by atoms with Gasteiger partial charge in [-0.05, 0) is 79.9 Å². The highest BCUT2D eigenvalue weighted by molar-refractivity contribution is 5.56. The van der Waals surface area contributed by atoms with Crippen LogP contribution in [0.4, 0.5) is 13.2 Å². The number of hydrogen-bond donors (Lipinski definition) is 1. The van der Waals surface area contributed by atoms with Gasteiger partial charge in [0.25, 0.3) is 0 Å². The summed E-state index contributed by atoms with van der Waals surface area (Å²) < 4.78 is 45.7. The van der Waals surface area contributed by atoms with E-state index in [0.717, 1.165) is 58.2 Å². The van der Waals surface area contributed by atoms with Crippen molar-refractivity contribution in [1.29, 1.82) is 0 Å². The summed E-state index contributed by atoms with van der Waals surface area (Å²) in [7, 11) is 0. The van der Waals surface area contributed by atoms with Gasteiger partial charge in [0.05, 0.1) is 17.2 Å². The topological polar surface area (TPSA) is 50.9 Å². The van der Waals surface area contributed by atoms with Gasteiger partial charge in [-0.3, -0.25) is 18.7 Å². The molecule has 9 heteroatoms. The van der Waals surface area contributed by atoms with E-state index in [1.54, 1.807) is 10.8 Å². The number of nitrogens with one attached hydrogen (secondary N) is 1. The van der Waals surface area contributed by atoms with Gasteiger partial charge in [-0.15, -0.1) is 0 Å². The molecule has 2 saturated carbocycles. The first-order valence-electron chi connectivity index (χ1n) is 15.1. The molecule has 1 N–H and O–H groups in total. The molecule has 2 aliphatic heterocycles. The molecule has 6 rings (SSSR count). The third-order valence-electron chi connectivity index (χ3n) is 10.2. The lowest BCUT2D eigenvalue weighted by Gasteiger charge is -2.45. The van der Waals surface area contributed by atoms with E-state index in [0.29, 0.717) is 41.7 Å². The van der Waals surface area contributed by atoms with Gasteiger partial charge in [-0.1, -0.05) is 39.5 Å². The van der Waals surface area contributed by atoms with Crippen molar-refractivity contribution in [2.75, 3.05) is 19.6 Å². The van der Waals surface area contributed by atoms with E-state index in [-0.39, 0.29) is 23.4 Å². The first-order chi connectivity index (χ1) is 18.7. The van der Waals surface area contributed by atoms with Crippen molar-refractivity contribution in [2.24, 2.45) is 29.6 Å². The van der Waals surface area contributed by atoms with Crippen LogP contribution < -0.4 is 11.2 Å². The van der Waals surface area contributed by atoms with Gasteiger partial charge >= 0.3 is 11.9 Å². The minimum atomic E-state index is -4.53. The Bertz CT molecular complexity index is 1220. The number of piperidine rings is 1. The number of pyridine rings is 1. The van der Waals surface area contributed by atoms with Crippen molar-refractivity contribution in [3.05, 3.63) is 40.1 Å². The fraction of sp³-hybridized carbons (Fsp3) is 0.767. The largest absolute Gasteiger partial charge is 0.418 e. The van der Waals surface area contributed by atoms with Gasteiger partial charge in [-0.2, -0.15) is 13.2 Å². The third-order valence-corrected chi connectivity index (χ3v) is 10.2. The molecule has 0 bridgehead atoms. The average molecular weight is 549 g/mol. The van der Waals surface area contributed by atoms with Crippen LogP contribution in [0.1, 0.15) is 88.8 Å². The molecule has 6 nitrogen and oxygen atoms in total. The summed E-state index contributed by atoms with van der Waals surface area (Å²) in [5, 5.41) is 0. The fourth-order valence-electron chi connectivity index (χ4n) is 8.04. The molecule has 2 aliphatic carbocycles. The maximum absolute atomic E-state index is 14.3. The van der Waals surface area contributed by atoms with E-state index in [1.165, 1.54) is 35.9 Å². The third kappa shape index (κ3) is 5.43. The Balaban J connectivity index is 1.31. The summed E-state index contributed by atoms with van der Waals surface area (Å²) in [5.74, 6) is 2.46. The van der Waals surface area contributed by atoms with Crippen molar-refractivity contribution in [3.63, 3.8) is 0 Å². The van der Waals surface area contributed by atoms with Crippen LogP contribution >= 0.6 is 0 Å². The van der Waals surface area contributed by atoms with E-state index in [9.17, 15) is 18.0 Å². The SMILES string of the molecule is CC1CNOC1[C@H](C1CCC1)C1CCCC(n2cc3c(C(F)(F)F)cc(CN4CCC[C@H](C)C4)cn3c2=O)C1. The summed E-state index contributed by atoms with van der Waals surface area (Å²) in [6.07, 6.45) is 8.42. The van der Waals surface area contributed by atoms with Crippen molar-refractivity contribution < 1.29 is 18.0 Å². The fourth-order valence-corrected chi connectivity index (χ4v) is 8.04. The van der Waals surface area contributed by atoms with E-state index in [2.05, 4.69) is 24.2 Å². The van der Waals surface area contributed by atoms with Crippen LogP contribution in [0.5, 0.6) is 0 Å². The van der Waals surface area contributed by atoms with Crippen LogP contribution in [0.15, 0.2) is 23.3 Å². The summed E-state index contributed by atoms with van der Waals surface area (Å²) in [6, 6.07) is 1.18. The van der Waals surface area contributed by atoms with Gasteiger partial charge in [0.1, 0.15) is 0 Å². The van der Waals surface area contributed by atoms with Crippen LogP contribution in [0.25, 0.3) is 5.52 Å². The number of halogens is 3. The van der Waals surface area contributed by atoms with Gasteiger partial charge in [0.15, 0.2) is 0 Å².